The summed E-state index contributed by atoms with van der Waals surface area (Å²) in [6.45, 7) is 1.55. The average molecular weight is 254 g/mol. The molecular formula is C10H12ClN5O. The standard InChI is InChI=1S/C10H12ClN5O/c11-10-13-8-7(5-12-15-8)9(14-10)16-3-1-6(17)2-4-16/h5-6,17H,1-4H2,(H,12,13,14,15). The van der Waals surface area contributed by atoms with Crippen molar-refractivity contribution in [1.29, 1.82) is 0 Å². The topological polar surface area (TPSA) is 77.9 Å². The fourth-order valence-corrected chi connectivity index (χ4v) is 2.28. The number of hydrogen-bond donors (Lipinski definition) is 2. The maximum absolute atomic E-state index is 9.50. The Labute approximate surface area is 103 Å². The minimum atomic E-state index is -0.205. The number of hydrogen-bond acceptors (Lipinski definition) is 5. The van der Waals surface area contributed by atoms with Gasteiger partial charge in [0.15, 0.2) is 5.65 Å². The maximum Gasteiger partial charge on any atom is 0.226 e. The fraction of sp³-hybridized carbons (Fsp3) is 0.500. The third kappa shape index (κ3) is 1.94. The Balaban J connectivity index is 2.01. The highest BCUT2D eigenvalue weighted by Gasteiger charge is 2.21. The van der Waals surface area contributed by atoms with Gasteiger partial charge in [-0.2, -0.15) is 15.1 Å². The van der Waals surface area contributed by atoms with Gasteiger partial charge in [0.2, 0.25) is 5.28 Å². The highest BCUT2D eigenvalue weighted by atomic mass is 35.5. The van der Waals surface area contributed by atoms with E-state index < -0.39 is 0 Å². The summed E-state index contributed by atoms with van der Waals surface area (Å²) < 4.78 is 0. The predicted molar refractivity (Wildman–Crippen MR) is 64.1 cm³/mol. The molecular weight excluding hydrogens is 242 g/mol. The number of halogens is 1. The number of aliphatic hydroxyl groups excluding tert-OH is 1. The van der Waals surface area contributed by atoms with E-state index in [9.17, 15) is 5.11 Å². The number of aromatic amines is 1. The summed E-state index contributed by atoms with van der Waals surface area (Å²) in [4.78, 5) is 10.4. The van der Waals surface area contributed by atoms with Gasteiger partial charge < -0.3 is 10.0 Å². The number of anilines is 1. The Morgan fingerprint density at radius 2 is 2.12 bits per heavy atom. The second kappa shape index (κ2) is 4.12. The summed E-state index contributed by atoms with van der Waals surface area (Å²) in [7, 11) is 0. The van der Waals surface area contributed by atoms with Gasteiger partial charge in [0.25, 0.3) is 0 Å². The minimum Gasteiger partial charge on any atom is -0.393 e. The van der Waals surface area contributed by atoms with Crippen LogP contribution in [0.2, 0.25) is 5.28 Å². The maximum atomic E-state index is 9.50. The molecule has 17 heavy (non-hydrogen) atoms. The van der Waals surface area contributed by atoms with Crippen LogP contribution in [-0.2, 0) is 0 Å². The Morgan fingerprint density at radius 1 is 1.35 bits per heavy atom. The lowest BCUT2D eigenvalue weighted by Crippen LogP contribution is -2.36. The third-order valence-electron chi connectivity index (χ3n) is 3.03. The van der Waals surface area contributed by atoms with Crippen LogP contribution in [0.1, 0.15) is 12.8 Å². The molecule has 2 N–H and O–H groups in total. The number of aliphatic hydroxyl groups is 1. The number of H-pyrrole nitrogens is 1. The van der Waals surface area contributed by atoms with Gasteiger partial charge in [-0.25, -0.2) is 0 Å². The minimum absolute atomic E-state index is 0.205. The molecule has 7 heteroatoms. The largest absolute Gasteiger partial charge is 0.393 e. The van der Waals surface area contributed by atoms with E-state index in [-0.39, 0.29) is 11.4 Å². The molecule has 0 bridgehead atoms. The lowest BCUT2D eigenvalue weighted by atomic mass is 10.1. The number of piperidine rings is 1. The molecule has 2 aromatic rings. The number of nitrogens with one attached hydrogen (secondary N) is 1. The Morgan fingerprint density at radius 3 is 2.88 bits per heavy atom. The molecule has 1 saturated heterocycles. The van der Waals surface area contributed by atoms with Crippen molar-refractivity contribution in [1.82, 2.24) is 20.2 Å². The van der Waals surface area contributed by atoms with Crippen molar-refractivity contribution < 1.29 is 5.11 Å². The van der Waals surface area contributed by atoms with Gasteiger partial charge in [-0.1, -0.05) is 0 Å². The highest BCUT2D eigenvalue weighted by Crippen LogP contribution is 2.26. The molecule has 1 fully saturated rings. The molecule has 0 unspecified atom stereocenters. The van der Waals surface area contributed by atoms with E-state index in [2.05, 4.69) is 25.1 Å². The van der Waals surface area contributed by atoms with Crippen molar-refractivity contribution in [3.05, 3.63) is 11.5 Å². The number of fused-ring (bicyclic) bond motifs is 1. The SMILES string of the molecule is OC1CCN(c2nc(Cl)nc3[nH]ncc23)CC1. The van der Waals surface area contributed by atoms with E-state index in [1.807, 2.05) is 0 Å². The van der Waals surface area contributed by atoms with Crippen molar-refractivity contribution in [3.63, 3.8) is 0 Å². The first-order valence-electron chi connectivity index (χ1n) is 5.53. The van der Waals surface area contributed by atoms with Gasteiger partial charge in [-0.15, -0.1) is 0 Å². The van der Waals surface area contributed by atoms with Crippen molar-refractivity contribution in [2.24, 2.45) is 0 Å². The monoisotopic (exact) mass is 253 g/mol. The predicted octanol–water partition coefficient (Wildman–Crippen LogP) is 0.967. The molecule has 0 aromatic carbocycles. The van der Waals surface area contributed by atoms with Crippen LogP contribution in [0, 0.1) is 0 Å². The average Bonchev–Trinajstić information content (AvgIpc) is 2.77. The molecule has 0 amide bonds. The fourth-order valence-electron chi connectivity index (χ4n) is 2.11. The number of rotatable bonds is 1. The van der Waals surface area contributed by atoms with Gasteiger partial charge in [-0.3, -0.25) is 5.10 Å². The molecule has 0 atom stereocenters. The van der Waals surface area contributed by atoms with E-state index >= 15 is 0 Å². The van der Waals surface area contributed by atoms with Crippen LogP contribution in [0.3, 0.4) is 0 Å². The second-order valence-corrected chi connectivity index (χ2v) is 4.50. The molecule has 0 spiro atoms. The summed E-state index contributed by atoms with van der Waals surface area (Å²) in [5.41, 5.74) is 0.645. The van der Waals surface area contributed by atoms with E-state index in [0.717, 1.165) is 37.1 Å². The molecule has 0 radical (unpaired) electrons. The van der Waals surface area contributed by atoms with Crippen LogP contribution in [-0.4, -0.2) is 44.5 Å². The van der Waals surface area contributed by atoms with E-state index in [1.165, 1.54) is 0 Å². The van der Waals surface area contributed by atoms with E-state index in [1.54, 1.807) is 6.20 Å². The zero-order valence-corrected chi connectivity index (χ0v) is 9.85. The summed E-state index contributed by atoms with van der Waals surface area (Å²) in [5.74, 6) is 0.792. The Hall–Kier alpha value is -1.40. The molecule has 1 aliphatic heterocycles. The molecule has 1 aliphatic rings. The zero-order chi connectivity index (χ0) is 11.8. The first-order chi connectivity index (χ1) is 8.24. The van der Waals surface area contributed by atoms with Crippen LogP contribution >= 0.6 is 11.6 Å². The van der Waals surface area contributed by atoms with Crippen LogP contribution in [0.5, 0.6) is 0 Å². The zero-order valence-electron chi connectivity index (χ0n) is 9.10. The van der Waals surface area contributed by atoms with Gasteiger partial charge in [0.05, 0.1) is 17.7 Å². The van der Waals surface area contributed by atoms with Crippen molar-refractivity contribution in [2.75, 3.05) is 18.0 Å². The first kappa shape index (κ1) is 10.7. The van der Waals surface area contributed by atoms with Crippen LogP contribution in [0.25, 0.3) is 11.0 Å². The third-order valence-corrected chi connectivity index (χ3v) is 3.20. The van der Waals surface area contributed by atoms with Gasteiger partial charge >= 0.3 is 0 Å². The smallest absolute Gasteiger partial charge is 0.226 e. The quantitative estimate of drug-likeness (QED) is 0.741. The Kier molecular flexibility index (Phi) is 2.60. The lowest BCUT2D eigenvalue weighted by molar-refractivity contribution is 0.145. The molecule has 6 nitrogen and oxygen atoms in total. The van der Waals surface area contributed by atoms with Crippen LogP contribution < -0.4 is 4.90 Å². The van der Waals surface area contributed by atoms with Gasteiger partial charge in [0, 0.05) is 13.1 Å². The highest BCUT2D eigenvalue weighted by molar-refractivity contribution is 6.28. The lowest BCUT2D eigenvalue weighted by Gasteiger charge is -2.30. The van der Waals surface area contributed by atoms with Crippen LogP contribution in [0.15, 0.2) is 6.20 Å². The Bertz CT molecular complexity index is 534. The summed E-state index contributed by atoms with van der Waals surface area (Å²) in [6, 6.07) is 0. The first-order valence-corrected chi connectivity index (χ1v) is 5.91. The van der Waals surface area contributed by atoms with Crippen molar-refractivity contribution >= 4 is 28.5 Å². The molecule has 2 aromatic heterocycles. The normalized spacial score (nSPS) is 17.9. The molecule has 3 heterocycles. The molecule has 0 saturated carbocycles. The van der Waals surface area contributed by atoms with Gasteiger partial charge in [0.1, 0.15) is 5.82 Å². The summed E-state index contributed by atoms with van der Waals surface area (Å²) in [5, 5.41) is 17.3. The summed E-state index contributed by atoms with van der Waals surface area (Å²) >= 11 is 5.88. The van der Waals surface area contributed by atoms with Crippen molar-refractivity contribution in [2.45, 2.75) is 18.9 Å². The number of nitrogens with zero attached hydrogens (tertiary/aromatic N) is 4. The molecule has 0 aliphatic carbocycles. The number of aromatic nitrogens is 4. The van der Waals surface area contributed by atoms with E-state index in [0.29, 0.717) is 5.65 Å². The van der Waals surface area contributed by atoms with Crippen LogP contribution in [0.4, 0.5) is 5.82 Å². The molecule has 3 rings (SSSR count). The molecule has 90 valence electrons. The van der Waals surface area contributed by atoms with E-state index in [4.69, 9.17) is 11.6 Å². The van der Waals surface area contributed by atoms with Gasteiger partial charge in [-0.05, 0) is 24.4 Å². The summed E-state index contributed by atoms with van der Waals surface area (Å²) in [6.07, 6.45) is 3.00. The second-order valence-electron chi connectivity index (χ2n) is 4.17. The van der Waals surface area contributed by atoms with Crippen molar-refractivity contribution in [3.8, 4) is 0 Å².